The molecule has 4 aromatic carbocycles. The average Bonchev–Trinajstić information content (AvgIpc) is 3.57. The fraction of sp³-hybridized carbons (Fsp3) is 0.421. The van der Waals surface area contributed by atoms with E-state index in [-0.39, 0.29) is 5.78 Å². The molecule has 0 aromatic heterocycles. The van der Waals surface area contributed by atoms with Gasteiger partial charge >= 0.3 is 0 Å². The van der Waals surface area contributed by atoms with Crippen molar-refractivity contribution < 1.29 is 23.7 Å². The molecule has 322 valence electrons. The second-order valence-electron chi connectivity index (χ2n) is 16.0. The summed E-state index contributed by atoms with van der Waals surface area (Å²) in [6.07, 6.45) is 29.4. The van der Waals surface area contributed by atoms with Crippen LogP contribution in [0.1, 0.15) is 180 Å². The number of carbonyl (C=O) groups is 1. The third kappa shape index (κ3) is 13.5. The molecule has 1 aliphatic carbocycles. The number of carbonyl (C=O) groups excluding carboxylic acids is 1. The van der Waals surface area contributed by atoms with E-state index in [4.69, 9.17) is 31.8 Å². The average molecular weight is 829 g/mol. The maximum Gasteiger partial charge on any atom is 0.194 e. The summed E-state index contributed by atoms with van der Waals surface area (Å²) in [7, 11) is 0. The highest BCUT2D eigenvalue weighted by atomic mass is 16.5. The summed E-state index contributed by atoms with van der Waals surface area (Å²) in [4.78, 5) is 14.0. The summed E-state index contributed by atoms with van der Waals surface area (Å²) in [5.41, 5.74) is 7.16. The van der Waals surface area contributed by atoms with Crippen molar-refractivity contribution in [3.05, 3.63) is 105 Å². The van der Waals surface area contributed by atoms with Gasteiger partial charge in [-0.2, -0.15) is 0 Å². The first-order chi connectivity index (χ1) is 30.4. The van der Waals surface area contributed by atoms with Crippen LogP contribution in [0.3, 0.4) is 0 Å². The van der Waals surface area contributed by atoms with Crippen LogP contribution in [0.15, 0.2) is 60.7 Å². The van der Waals surface area contributed by atoms with Crippen molar-refractivity contribution in [2.24, 2.45) is 0 Å². The van der Waals surface area contributed by atoms with Gasteiger partial charge in [0.15, 0.2) is 5.78 Å². The van der Waals surface area contributed by atoms with E-state index >= 15 is 0 Å². The van der Waals surface area contributed by atoms with Crippen LogP contribution in [-0.2, 0) is 0 Å². The molecule has 0 fully saturated rings. The van der Waals surface area contributed by atoms with E-state index in [9.17, 15) is 4.79 Å². The van der Waals surface area contributed by atoms with E-state index in [0.717, 1.165) is 99.3 Å². The maximum absolute atomic E-state index is 14.0. The van der Waals surface area contributed by atoms with Crippen molar-refractivity contribution in [3.8, 4) is 82.5 Å². The molecule has 1 aliphatic rings. The Morgan fingerprint density at radius 3 is 1.03 bits per heavy atom. The number of terminal acetylenes is 2. The van der Waals surface area contributed by atoms with Crippen molar-refractivity contribution in [1.29, 1.82) is 0 Å². The Bertz CT molecular complexity index is 2170. The van der Waals surface area contributed by atoms with Gasteiger partial charge in [0.2, 0.25) is 0 Å². The SMILES string of the molecule is C#Cc1cc(OCCCCCC)c(C#Cc2ccc3c(c2)C(=O)c2cc(C#Cc4cc(OCCCCCC)c(C#C)cc4OCCCCCC)ccc2-3)cc1OCCCCCC. The van der Waals surface area contributed by atoms with E-state index < -0.39 is 0 Å². The van der Waals surface area contributed by atoms with Gasteiger partial charge in [-0.1, -0.05) is 152 Å². The molecule has 0 unspecified atom stereocenters. The van der Waals surface area contributed by atoms with Gasteiger partial charge in [-0.3, -0.25) is 4.79 Å². The smallest absolute Gasteiger partial charge is 0.194 e. The van der Waals surface area contributed by atoms with Crippen LogP contribution in [-0.4, -0.2) is 32.2 Å². The van der Waals surface area contributed by atoms with Crippen LogP contribution in [0.5, 0.6) is 23.0 Å². The molecule has 5 heteroatoms. The Morgan fingerprint density at radius 2 is 0.710 bits per heavy atom. The van der Waals surface area contributed by atoms with Gasteiger partial charge in [0, 0.05) is 46.5 Å². The molecule has 0 heterocycles. The molecule has 4 aromatic rings. The Hall–Kier alpha value is -6.01. The molecule has 0 bridgehead atoms. The molecule has 0 saturated carbocycles. The third-order valence-electron chi connectivity index (χ3n) is 11.0. The second kappa shape index (κ2) is 25.7. The highest BCUT2D eigenvalue weighted by Gasteiger charge is 2.27. The molecule has 0 N–H and O–H groups in total. The molecular formula is C57H64O5. The second-order valence-corrected chi connectivity index (χ2v) is 16.0. The minimum Gasteiger partial charge on any atom is -0.492 e. The van der Waals surface area contributed by atoms with Gasteiger partial charge in [0.25, 0.3) is 0 Å². The van der Waals surface area contributed by atoms with Crippen molar-refractivity contribution >= 4 is 5.78 Å². The van der Waals surface area contributed by atoms with Gasteiger partial charge in [-0.05, 0) is 61.1 Å². The lowest BCUT2D eigenvalue weighted by molar-refractivity contribution is 0.104. The van der Waals surface area contributed by atoms with E-state index in [2.05, 4.69) is 63.2 Å². The van der Waals surface area contributed by atoms with Crippen LogP contribution >= 0.6 is 0 Å². The van der Waals surface area contributed by atoms with Gasteiger partial charge < -0.3 is 18.9 Å². The summed E-state index contributed by atoms with van der Waals surface area (Å²) in [6.45, 7) is 11.1. The van der Waals surface area contributed by atoms with Crippen molar-refractivity contribution in [2.45, 2.75) is 130 Å². The highest BCUT2D eigenvalue weighted by molar-refractivity contribution is 6.22. The topological polar surface area (TPSA) is 54.0 Å². The monoisotopic (exact) mass is 828 g/mol. The zero-order valence-electron chi connectivity index (χ0n) is 37.6. The summed E-state index contributed by atoms with van der Waals surface area (Å²) in [5.74, 6) is 21.3. The molecule has 0 amide bonds. The number of ether oxygens (including phenoxy) is 4. The summed E-state index contributed by atoms with van der Waals surface area (Å²) in [5, 5.41) is 0. The number of ketones is 1. The van der Waals surface area contributed by atoms with Gasteiger partial charge in [0.1, 0.15) is 23.0 Å². The van der Waals surface area contributed by atoms with E-state index in [0.29, 0.717) is 82.8 Å². The molecule has 0 spiro atoms. The minimum absolute atomic E-state index is 0.0521. The van der Waals surface area contributed by atoms with Crippen molar-refractivity contribution in [3.63, 3.8) is 0 Å². The lowest BCUT2D eigenvalue weighted by Gasteiger charge is -2.13. The number of benzene rings is 4. The van der Waals surface area contributed by atoms with E-state index in [1.54, 1.807) is 0 Å². The van der Waals surface area contributed by atoms with Crippen molar-refractivity contribution in [1.82, 2.24) is 0 Å². The Morgan fingerprint density at radius 1 is 0.387 bits per heavy atom. The van der Waals surface area contributed by atoms with Crippen LogP contribution in [0.25, 0.3) is 11.1 Å². The van der Waals surface area contributed by atoms with Gasteiger partial charge in [-0.15, -0.1) is 12.8 Å². The summed E-state index contributed by atoms with van der Waals surface area (Å²) in [6, 6.07) is 19.2. The number of hydrogen-bond acceptors (Lipinski definition) is 5. The quantitative estimate of drug-likeness (QED) is 0.0458. The Labute approximate surface area is 372 Å². The van der Waals surface area contributed by atoms with Gasteiger partial charge in [0.05, 0.1) is 48.7 Å². The molecule has 0 aliphatic heterocycles. The van der Waals surface area contributed by atoms with Crippen LogP contribution in [0.4, 0.5) is 0 Å². The normalized spacial score (nSPS) is 11.0. The molecule has 62 heavy (non-hydrogen) atoms. The van der Waals surface area contributed by atoms with Crippen LogP contribution in [0.2, 0.25) is 0 Å². The summed E-state index contributed by atoms with van der Waals surface area (Å²) < 4.78 is 24.9. The standard InChI is InChI=1S/C57H64O5/c1-7-13-17-21-33-59-53-41-47(55(39-45(53)11-5)61-35-23-19-15-9-3)29-25-43-27-31-49-50-32-28-44(38-52(50)57(58)51(49)37-43)26-30-48-42-54(60-34-22-18-14-8-2)46(12-6)40-56(48)62-36-24-20-16-10-4/h5-6,27-28,31-32,37-42H,7-10,13-24,33-36H2,1-4H3. The molecule has 0 radical (unpaired) electrons. The fourth-order valence-electron chi connectivity index (χ4n) is 7.38. The predicted octanol–water partition coefficient (Wildman–Crippen LogP) is 13.5. The zero-order valence-corrected chi connectivity index (χ0v) is 37.6. The fourth-order valence-corrected chi connectivity index (χ4v) is 7.38. The Kier molecular flexibility index (Phi) is 19.5. The number of rotatable bonds is 24. The summed E-state index contributed by atoms with van der Waals surface area (Å²) >= 11 is 0. The largest absolute Gasteiger partial charge is 0.492 e. The number of unbranched alkanes of at least 4 members (excludes halogenated alkanes) is 12. The predicted molar refractivity (Wildman–Crippen MR) is 255 cm³/mol. The first-order valence-corrected chi connectivity index (χ1v) is 23.1. The number of fused-ring (bicyclic) bond motifs is 3. The molecule has 0 atom stereocenters. The first-order valence-electron chi connectivity index (χ1n) is 23.1. The number of hydrogen-bond donors (Lipinski definition) is 0. The zero-order chi connectivity index (χ0) is 43.9. The Balaban J connectivity index is 1.39. The molecular weight excluding hydrogens is 765 g/mol. The third-order valence-corrected chi connectivity index (χ3v) is 11.0. The molecule has 5 rings (SSSR count). The highest BCUT2D eigenvalue weighted by Crippen LogP contribution is 2.38. The van der Waals surface area contributed by atoms with E-state index in [1.165, 1.54) is 25.7 Å². The first kappa shape index (κ1) is 47.0. The maximum atomic E-state index is 14.0. The minimum atomic E-state index is -0.0521. The molecule has 5 nitrogen and oxygen atoms in total. The van der Waals surface area contributed by atoms with Crippen LogP contribution in [0, 0.1) is 48.4 Å². The lowest BCUT2D eigenvalue weighted by Crippen LogP contribution is -2.03. The van der Waals surface area contributed by atoms with Crippen molar-refractivity contribution in [2.75, 3.05) is 26.4 Å². The van der Waals surface area contributed by atoms with E-state index in [1.807, 2.05) is 60.7 Å². The van der Waals surface area contributed by atoms with Gasteiger partial charge in [-0.25, -0.2) is 0 Å². The van der Waals surface area contributed by atoms with Crippen LogP contribution < -0.4 is 18.9 Å². The molecule has 0 saturated heterocycles. The lowest BCUT2D eigenvalue weighted by atomic mass is 10.0.